The summed E-state index contributed by atoms with van der Waals surface area (Å²) in [6.45, 7) is 0. The number of nitrogens with zero attached hydrogens (tertiary/aromatic N) is 2. The number of nitrogens with one attached hydrogen (secondary N) is 1. The number of pyridine rings is 1. The van der Waals surface area contributed by atoms with Gasteiger partial charge in [0.15, 0.2) is 0 Å². The predicted molar refractivity (Wildman–Crippen MR) is 87.7 cm³/mol. The Morgan fingerprint density at radius 2 is 2.18 bits per heavy atom. The molecule has 0 radical (unpaired) electrons. The second kappa shape index (κ2) is 5.15. The summed E-state index contributed by atoms with van der Waals surface area (Å²) in [6, 6.07) is 4.24. The Bertz CT molecular complexity index is 921. The molecule has 0 bridgehead atoms. The molecule has 4 rings (SSSR count). The number of rotatable bonds is 2. The maximum Gasteiger partial charge on any atom is 0.272 e. The third-order valence-corrected chi connectivity index (χ3v) is 5.24. The molecule has 22 heavy (non-hydrogen) atoms. The molecule has 110 valence electrons. The van der Waals surface area contributed by atoms with Crippen molar-refractivity contribution in [1.82, 2.24) is 9.55 Å². The predicted octanol–water partition coefficient (Wildman–Crippen LogP) is 3.91. The van der Waals surface area contributed by atoms with E-state index in [-0.39, 0.29) is 5.56 Å². The van der Waals surface area contributed by atoms with E-state index in [1.54, 1.807) is 17.5 Å². The minimum absolute atomic E-state index is 0.135. The number of nitriles is 1. The smallest absolute Gasteiger partial charge is 0.272 e. The van der Waals surface area contributed by atoms with Crippen LogP contribution in [0.3, 0.4) is 0 Å². The molecule has 0 unspecified atom stereocenters. The monoisotopic (exact) mass is 309 g/mol. The number of aromatic amines is 1. The van der Waals surface area contributed by atoms with Crippen LogP contribution in [0.4, 0.5) is 0 Å². The summed E-state index contributed by atoms with van der Waals surface area (Å²) in [7, 11) is 0. The molecule has 4 nitrogen and oxygen atoms in total. The Morgan fingerprint density at radius 3 is 2.86 bits per heavy atom. The zero-order chi connectivity index (χ0) is 15.1. The number of H-pyrrole nitrogens is 1. The first-order valence-electron chi connectivity index (χ1n) is 7.49. The standard InChI is InChI=1S/C17H15N3OS/c18-7-12-8-19-17(21)16-15(12)14(11-3-1-2-4-11)9-20(16)13-5-6-22-10-13/h5-6,8-11H,1-4H2,(H,19,21). The fourth-order valence-electron chi connectivity index (χ4n) is 3.54. The highest BCUT2D eigenvalue weighted by Gasteiger charge is 2.25. The molecule has 1 saturated carbocycles. The van der Waals surface area contributed by atoms with Gasteiger partial charge in [-0.25, -0.2) is 0 Å². The molecule has 1 aliphatic rings. The van der Waals surface area contributed by atoms with Gasteiger partial charge in [-0.2, -0.15) is 16.6 Å². The van der Waals surface area contributed by atoms with E-state index < -0.39 is 0 Å². The molecule has 1 fully saturated rings. The van der Waals surface area contributed by atoms with Gasteiger partial charge < -0.3 is 9.55 Å². The Morgan fingerprint density at radius 1 is 1.36 bits per heavy atom. The second-order valence-electron chi connectivity index (χ2n) is 5.78. The number of hydrogen-bond acceptors (Lipinski definition) is 3. The van der Waals surface area contributed by atoms with Crippen molar-refractivity contribution < 1.29 is 0 Å². The van der Waals surface area contributed by atoms with Crippen LogP contribution in [0.15, 0.2) is 34.0 Å². The summed E-state index contributed by atoms with van der Waals surface area (Å²) in [5.74, 6) is 0.455. The van der Waals surface area contributed by atoms with E-state index >= 15 is 0 Å². The fourth-order valence-corrected chi connectivity index (χ4v) is 4.17. The molecule has 1 aliphatic carbocycles. The van der Waals surface area contributed by atoms with E-state index in [2.05, 4.69) is 17.3 Å². The molecule has 3 aromatic rings. The summed E-state index contributed by atoms with van der Waals surface area (Å²) in [4.78, 5) is 15.1. The SMILES string of the molecule is N#Cc1c[nH]c(=O)c2c1c(C1CCCC1)cn2-c1ccsc1. The highest BCUT2D eigenvalue weighted by molar-refractivity contribution is 7.08. The Labute approximate surface area is 131 Å². The van der Waals surface area contributed by atoms with Crippen LogP contribution in [-0.4, -0.2) is 9.55 Å². The van der Waals surface area contributed by atoms with E-state index in [1.165, 1.54) is 12.8 Å². The van der Waals surface area contributed by atoms with Crippen LogP contribution in [0.5, 0.6) is 0 Å². The average Bonchev–Trinajstić information content (AvgIpc) is 3.27. The molecule has 0 saturated heterocycles. The van der Waals surface area contributed by atoms with Gasteiger partial charge in [-0.15, -0.1) is 0 Å². The zero-order valence-electron chi connectivity index (χ0n) is 12.0. The lowest BCUT2D eigenvalue weighted by atomic mass is 9.96. The van der Waals surface area contributed by atoms with Crippen molar-refractivity contribution in [3.8, 4) is 11.8 Å². The minimum atomic E-state index is -0.135. The van der Waals surface area contributed by atoms with Crippen LogP contribution in [0, 0.1) is 11.3 Å². The van der Waals surface area contributed by atoms with Crippen molar-refractivity contribution in [2.75, 3.05) is 0 Å². The first-order valence-corrected chi connectivity index (χ1v) is 8.43. The van der Waals surface area contributed by atoms with Crippen molar-refractivity contribution >= 4 is 22.2 Å². The van der Waals surface area contributed by atoms with Crippen LogP contribution in [-0.2, 0) is 0 Å². The molecule has 3 heterocycles. The summed E-state index contributed by atoms with van der Waals surface area (Å²) in [6.07, 6.45) is 8.34. The van der Waals surface area contributed by atoms with Crippen LogP contribution in [0.1, 0.15) is 42.7 Å². The maximum absolute atomic E-state index is 12.4. The molecule has 0 atom stereocenters. The van der Waals surface area contributed by atoms with Gasteiger partial charge in [-0.3, -0.25) is 4.79 Å². The third kappa shape index (κ3) is 1.92. The minimum Gasteiger partial charge on any atom is -0.326 e. The number of fused-ring (bicyclic) bond motifs is 1. The van der Waals surface area contributed by atoms with E-state index in [0.29, 0.717) is 17.0 Å². The first kappa shape index (κ1) is 13.4. The summed E-state index contributed by atoms with van der Waals surface area (Å²) in [5.41, 5.74) is 3.16. The van der Waals surface area contributed by atoms with Gasteiger partial charge in [-0.05, 0) is 35.8 Å². The molecule has 0 aromatic carbocycles. The van der Waals surface area contributed by atoms with Gasteiger partial charge in [0.25, 0.3) is 5.56 Å². The highest BCUT2D eigenvalue weighted by Crippen LogP contribution is 2.39. The second-order valence-corrected chi connectivity index (χ2v) is 6.56. The molecule has 0 spiro atoms. The molecule has 1 N–H and O–H groups in total. The van der Waals surface area contributed by atoms with E-state index in [4.69, 9.17) is 0 Å². The molecular formula is C17H15N3OS. The number of thiophene rings is 1. The van der Waals surface area contributed by atoms with Gasteiger partial charge in [-0.1, -0.05) is 12.8 Å². The van der Waals surface area contributed by atoms with Gasteiger partial charge in [0, 0.05) is 23.2 Å². The largest absolute Gasteiger partial charge is 0.326 e. The zero-order valence-corrected chi connectivity index (χ0v) is 12.8. The first-order chi connectivity index (χ1) is 10.8. The Hall–Kier alpha value is -2.32. The van der Waals surface area contributed by atoms with Crippen molar-refractivity contribution in [2.24, 2.45) is 0 Å². The van der Waals surface area contributed by atoms with Crippen LogP contribution >= 0.6 is 11.3 Å². The van der Waals surface area contributed by atoms with Crippen molar-refractivity contribution in [3.63, 3.8) is 0 Å². The van der Waals surface area contributed by atoms with Crippen molar-refractivity contribution in [2.45, 2.75) is 31.6 Å². The van der Waals surface area contributed by atoms with Gasteiger partial charge in [0.2, 0.25) is 0 Å². The molecule has 0 aliphatic heterocycles. The van der Waals surface area contributed by atoms with Crippen LogP contribution < -0.4 is 5.56 Å². The number of aromatic nitrogens is 2. The summed E-state index contributed by atoms with van der Waals surface area (Å²) >= 11 is 1.60. The van der Waals surface area contributed by atoms with Crippen LogP contribution in [0.2, 0.25) is 0 Å². The molecule has 0 amide bonds. The fraction of sp³-hybridized carbons (Fsp3) is 0.294. The molecular weight excluding hydrogens is 294 g/mol. The lowest BCUT2D eigenvalue weighted by Crippen LogP contribution is -2.10. The van der Waals surface area contributed by atoms with Gasteiger partial charge in [0.05, 0.1) is 11.3 Å². The Kier molecular flexibility index (Phi) is 3.12. The quantitative estimate of drug-likeness (QED) is 0.780. The van der Waals surface area contributed by atoms with Gasteiger partial charge >= 0.3 is 0 Å². The molecule has 5 heteroatoms. The van der Waals surface area contributed by atoms with E-state index in [0.717, 1.165) is 29.5 Å². The van der Waals surface area contributed by atoms with E-state index in [1.807, 2.05) is 21.4 Å². The average molecular weight is 309 g/mol. The van der Waals surface area contributed by atoms with Crippen LogP contribution in [0.25, 0.3) is 16.6 Å². The van der Waals surface area contributed by atoms with Gasteiger partial charge in [0.1, 0.15) is 11.6 Å². The summed E-state index contributed by atoms with van der Waals surface area (Å²) < 4.78 is 1.94. The third-order valence-electron chi connectivity index (χ3n) is 4.57. The van der Waals surface area contributed by atoms with E-state index in [9.17, 15) is 10.1 Å². The summed E-state index contributed by atoms with van der Waals surface area (Å²) in [5, 5.41) is 14.3. The van der Waals surface area contributed by atoms with Crippen molar-refractivity contribution in [3.05, 3.63) is 50.7 Å². The Balaban J connectivity index is 2.09. The normalized spacial score (nSPS) is 15.4. The lowest BCUT2D eigenvalue weighted by molar-refractivity contribution is 0.727. The van der Waals surface area contributed by atoms with Crippen molar-refractivity contribution in [1.29, 1.82) is 5.26 Å². The highest BCUT2D eigenvalue weighted by atomic mass is 32.1. The lowest BCUT2D eigenvalue weighted by Gasteiger charge is -2.07. The maximum atomic E-state index is 12.4. The topological polar surface area (TPSA) is 61.6 Å². The molecule has 3 aromatic heterocycles. The number of hydrogen-bond donors (Lipinski definition) is 1.